The minimum absolute atomic E-state index is 0.0472. The number of amides is 3. The minimum atomic E-state index is -0.365. The monoisotopic (exact) mass is 458 g/mol. The van der Waals surface area contributed by atoms with Gasteiger partial charge in [0.25, 0.3) is 0 Å². The van der Waals surface area contributed by atoms with E-state index in [9.17, 15) is 18.8 Å². The highest BCUT2D eigenvalue weighted by Gasteiger charge is 2.22. The summed E-state index contributed by atoms with van der Waals surface area (Å²) in [6, 6.07) is 15.0. The van der Waals surface area contributed by atoms with Crippen molar-refractivity contribution in [2.45, 2.75) is 18.9 Å². The van der Waals surface area contributed by atoms with Crippen LogP contribution in [-0.4, -0.2) is 59.8 Å². The summed E-state index contributed by atoms with van der Waals surface area (Å²) in [6.45, 7) is 1.80. The van der Waals surface area contributed by atoms with Crippen LogP contribution in [0.2, 0.25) is 0 Å². The number of halogens is 1. The summed E-state index contributed by atoms with van der Waals surface area (Å²) in [4.78, 5) is 38.3. The van der Waals surface area contributed by atoms with Gasteiger partial charge in [0.15, 0.2) is 0 Å². The number of nitrogens with zero attached hydrogens (tertiary/aromatic N) is 1. The van der Waals surface area contributed by atoms with Crippen LogP contribution in [0, 0.1) is 5.82 Å². The zero-order valence-corrected chi connectivity index (χ0v) is 18.5. The van der Waals surface area contributed by atoms with Gasteiger partial charge in [-0.2, -0.15) is 0 Å². The Morgan fingerprint density at radius 3 is 2.12 bits per heavy atom. The van der Waals surface area contributed by atoms with Gasteiger partial charge in [0.05, 0.1) is 18.1 Å². The van der Waals surface area contributed by atoms with Crippen molar-refractivity contribution in [1.82, 2.24) is 10.2 Å². The van der Waals surface area contributed by atoms with Crippen LogP contribution >= 0.6 is 11.8 Å². The number of thioether (sulfide) groups is 1. The Bertz CT molecular complexity index is 903. The van der Waals surface area contributed by atoms with E-state index >= 15 is 0 Å². The number of hydrogen-bond acceptors (Lipinski definition) is 5. The van der Waals surface area contributed by atoms with Crippen molar-refractivity contribution in [2.75, 3.05) is 41.8 Å². The summed E-state index contributed by atoms with van der Waals surface area (Å²) in [6.07, 6.45) is 1.56. The largest absolute Gasteiger partial charge is 0.353 e. The van der Waals surface area contributed by atoms with Crippen molar-refractivity contribution in [2.24, 2.45) is 0 Å². The lowest BCUT2D eigenvalue weighted by atomic mass is 10.1. The lowest BCUT2D eigenvalue weighted by Crippen LogP contribution is -2.47. The van der Waals surface area contributed by atoms with Crippen molar-refractivity contribution in [1.29, 1.82) is 0 Å². The first-order valence-electron chi connectivity index (χ1n) is 10.5. The molecule has 2 aromatic carbocycles. The Kier molecular flexibility index (Phi) is 9.06. The molecule has 0 aliphatic carbocycles. The third kappa shape index (κ3) is 8.32. The van der Waals surface area contributed by atoms with Gasteiger partial charge in [0, 0.05) is 30.5 Å². The highest BCUT2D eigenvalue weighted by Crippen LogP contribution is 2.13. The van der Waals surface area contributed by atoms with E-state index in [1.165, 1.54) is 36.0 Å². The van der Waals surface area contributed by atoms with Crippen LogP contribution in [0.25, 0.3) is 0 Å². The lowest BCUT2D eigenvalue weighted by Gasteiger charge is -2.31. The predicted molar refractivity (Wildman–Crippen MR) is 125 cm³/mol. The van der Waals surface area contributed by atoms with Gasteiger partial charge in [-0.05, 0) is 49.2 Å². The van der Waals surface area contributed by atoms with Crippen LogP contribution in [0.3, 0.4) is 0 Å². The maximum atomic E-state index is 12.9. The van der Waals surface area contributed by atoms with Crippen LogP contribution in [0.5, 0.6) is 0 Å². The molecule has 32 heavy (non-hydrogen) atoms. The Morgan fingerprint density at radius 1 is 0.844 bits per heavy atom. The number of carbonyl (C=O) groups excluding carboxylic acids is 3. The molecule has 7 nitrogen and oxygen atoms in total. The Labute approximate surface area is 191 Å². The second-order valence-electron chi connectivity index (χ2n) is 7.58. The first-order chi connectivity index (χ1) is 15.5. The van der Waals surface area contributed by atoms with Gasteiger partial charge in [0.1, 0.15) is 5.82 Å². The first kappa shape index (κ1) is 23.7. The normalized spacial score (nSPS) is 14.5. The molecule has 9 heteroatoms. The van der Waals surface area contributed by atoms with Crippen molar-refractivity contribution in [3.05, 3.63) is 60.4 Å². The number of nitrogens with one attached hydrogen (secondary N) is 3. The number of likely N-dealkylation sites (tertiary alicyclic amines) is 1. The number of carbonyl (C=O) groups is 3. The molecule has 0 aromatic heterocycles. The quantitative estimate of drug-likeness (QED) is 0.538. The molecular weight excluding hydrogens is 431 g/mol. The summed E-state index contributed by atoms with van der Waals surface area (Å²) in [7, 11) is 0. The molecule has 0 unspecified atom stereocenters. The smallest absolute Gasteiger partial charge is 0.238 e. The predicted octanol–water partition coefficient (Wildman–Crippen LogP) is 2.72. The Balaban J connectivity index is 1.27. The topological polar surface area (TPSA) is 90.5 Å². The van der Waals surface area contributed by atoms with E-state index in [4.69, 9.17) is 0 Å². The van der Waals surface area contributed by atoms with E-state index in [-0.39, 0.29) is 41.1 Å². The fourth-order valence-electron chi connectivity index (χ4n) is 3.40. The van der Waals surface area contributed by atoms with E-state index < -0.39 is 0 Å². The molecule has 0 saturated carbocycles. The van der Waals surface area contributed by atoms with Gasteiger partial charge < -0.3 is 16.0 Å². The van der Waals surface area contributed by atoms with E-state index in [0.29, 0.717) is 12.2 Å². The molecule has 3 rings (SSSR count). The zero-order valence-electron chi connectivity index (χ0n) is 17.7. The molecule has 170 valence electrons. The third-order valence-corrected chi connectivity index (χ3v) is 5.90. The van der Waals surface area contributed by atoms with Crippen LogP contribution in [0.1, 0.15) is 12.8 Å². The van der Waals surface area contributed by atoms with Crippen LogP contribution in [-0.2, 0) is 14.4 Å². The van der Waals surface area contributed by atoms with Crippen LogP contribution in [0.4, 0.5) is 15.8 Å². The summed E-state index contributed by atoms with van der Waals surface area (Å²) in [5, 5.41) is 8.55. The second-order valence-corrected chi connectivity index (χ2v) is 8.57. The van der Waals surface area contributed by atoms with Crippen LogP contribution < -0.4 is 16.0 Å². The van der Waals surface area contributed by atoms with E-state index in [2.05, 4.69) is 20.9 Å². The van der Waals surface area contributed by atoms with E-state index in [0.717, 1.165) is 31.6 Å². The zero-order chi connectivity index (χ0) is 22.8. The lowest BCUT2D eigenvalue weighted by molar-refractivity contribution is -0.120. The highest BCUT2D eigenvalue weighted by atomic mass is 32.2. The number of para-hydroxylation sites is 1. The number of piperidine rings is 1. The molecule has 0 bridgehead atoms. The van der Waals surface area contributed by atoms with Crippen LogP contribution in [0.15, 0.2) is 54.6 Å². The average Bonchev–Trinajstić information content (AvgIpc) is 2.77. The molecule has 1 fully saturated rings. The van der Waals surface area contributed by atoms with Crippen molar-refractivity contribution in [3.8, 4) is 0 Å². The standard InChI is InChI=1S/C23H27FN4O3S/c24-17-6-8-19(9-7-17)26-22(30)15-32-16-23(31)27-20-10-12-28(13-11-20)14-21(29)25-18-4-2-1-3-5-18/h1-9,20H,10-16H2,(H,25,29)(H,26,30)(H,27,31). The molecule has 0 radical (unpaired) electrons. The molecule has 0 spiro atoms. The number of anilines is 2. The first-order valence-corrected chi connectivity index (χ1v) is 11.6. The fourth-order valence-corrected chi connectivity index (χ4v) is 4.02. The molecule has 3 N–H and O–H groups in total. The molecule has 1 aliphatic rings. The molecule has 3 amide bonds. The Hall–Kier alpha value is -2.91. The molecular formula is C23H27FN4O3S. The van der Waals surface area contributed by atoms with Gasteiger partial charge in [-0.3, -0.25) is 19.3 Å². The van der Waals surface area contributed by atoms with Gasteiger partial charge in [-0.1, -0.05) is 18.2 Å². The van der Waals surface area contributed by atoms with Crippen molar-refractivity contribution in [3.63, 3.8) is 0 Å². The molecule has 1 heterocycles. The van der Waals surface area contributed by atoms with Gasteiger partial charge in [-0.25, -0.2) is 4.39 Å². The third-order valence-electron chi connectivity index (χ3n) is 4.97. The molecule has 2 aromatic rings. The average molecular weight is 459 g/mol. The van der Waals surface area contributed by atoms with Crippen molar-refractivity contribution < 1.29 is 18.8 Å². The number of hydrogen-bond donors (Lipinski definition) is 3. The summed E-state index contributed by atoms with van der Waals surface area (Å²) >= 11 is 1.23. The molecule has 0 atom stereocenters. The molecule has 1 aliphatic heterocycles. The van der Waals surface area contributed by atoms with Crippen molar-refractivity contribution >= 4 is 40.9 Å². The minimum Gasteiger partial charge on any atom is -0.353 e. The van der Waals surface area contributed by atoms with Gasteiger partial charge in [-0.15, -0.1) is 11.8 Å². The van der Waals surface area contributed by atoms with E-state index in [1.807, 2.05) is 30.3 Å². The van der Waals surface area contributed by atoms with Gasteiger partial charge in [0.2, 0.25) is 17.7 Å². The van der Waals surface area contributed by atoms with Gasteiger partial charge >= 0.3 is 0 Å². The maximum Gasteiger partial charge on any atom is 0.238 e. The molecule has 1 saturated heterocycles. The van der Waals surface area contributed by atoms with E-state index in [1.54, 1.807) is 0 Å². The highest BCUT2D eigenvalue weighted by molar-refractivity contribution is 8.00. The summed E-state index contributed by atoms with van der Waals surface area (Å²) < 4.78 is 12.9. The maximum absolute atomic E-state index is 12.9. The Morgan fingerprint density at radius 2 is 1.44 bits per heavy atom. The fraction of sp³-hybridized carbons (Fsp3) is 0.348. The summed E-state index contributed by atoms with van der Waals surface area (Å²) in [5.74, 6) is -0.429. The SMILES string of the molecule is O=C(CSCC(=O)NC1CCN(CC(=O)Nc2ccccc2)CC1)Nc1ccc(F)cc1. The second kappa shape index (κ2) is 12.2. The summed E-state index contributed by atoms with van der Waals surface area (Å²) in [5.41, 5.74) is 1.30. The number of rotatable bonds is 9. The number of benzene rings is 2.